The number of hydrogen-bond acceptors (Lipinski definition) is 3. The van der Waals surface area contributed by atoms with Gasteiger partial charge in [-0.05, 0) is 40.2 Å². The highest BCUT2D eigenvalue weighted by molar-refractivity contribution is 9.10. The smallest absolute Gasteiger partial charge is 0.262 e. The summed E-state index contributed by atoms with van der Waals surface area (Å²) in [6.45, 7) is 0. The average Bonchev–Trinajstić information content (AvgIpc) is 2.32. The number of nitrogens with one attached hydrogen (secondary N) is 1. The van der Waals surface area contributed by atoms with Crippen LogP contribution in [0, 0.1) is 0 Å². The Balaban J connectivity index is 2.37. The summed E-state index contributed by atoms with van der Waals surface area (Å²) in [5.41, 5.74) is 0.463. The molecule has 1 N–H and O–H groups in total. The van der Waals surface area contributed by atoms with Crippen LogP contribution in [0.4, 0.5) is 5.69 Å². The maximum absolute atomic E-state index is 12.1. The second kappa shape index (κ2) is 5.26. The Morgan fingerprint density at radius 2 is 1.94 bits per heavy atom. The Morgan fingerprint density at radius 1 is 1.22 bits per heavy atom. The predicted octanol–water partition coefficient (Wildman–Crippen LogP) is 3.30. The number of sulfonamides is 1. The van der Waals surface area contributed by atoms with Gasteiger partial charge < -0.3 is 0 Å². The van der Waals surface area contributed by atoms with Crippen molar-refractivity contribution >= 4 is 43.2 Å². The molecule has 0 spiro atoms. The van der Waals surface area contributed by atoms with Crippen LogP contribution in [-0.4, -0.2) is 13.4 Å². The van der Waals surface area contributed by atoms with Crippen molar-refractivity contribution in [2.75, 3.05) is 4.72 Å². The third-order valence-electron chi connectivity index (χ3n) is 2.13. The molecule has 0 fully saturated rings. The van der Waals surface area contributed by atoms with Gasteiger partial charge in [-0.25, -0.2) is 13.4 Å². The lowest BCUT2D eigenvalue weighted by Crippen LogP contribution is -2.13. The molecule has 0 saturated carbocycles. The lowest BCUT2D eigenvalue weighted by Gasteiger charge is -2.09. The quantitative estimate of drug-likeness (QED) is 0.867. The van der Waals surface area contributed by atoms with E-state index in [1.807, 2.05) is 0 Å². The van der Waals surface area contributed by atoms with Crippen LogP contribution in [0.1, 0.15) is 0 Å². The minimum Gasteiger partial charge on any atom is -0.278 e. The Kier molecular flexibility index (Phi) is 3.89. The number of rotatable bonds is 3. The summed E-state index contributed by atoms with van der Waals surface area (Å²) >= 11 is 8.94. The standard InChI is InChI=1S/C11H8BrClN2O2S/c12-9-3-1-2-4-10(9)15-18(16,17)8-5-6-14-11(13)7-8/h1-7,15H. The normalized spacial score (nSPS) is 11.2. The third kappa shape index (κ3) is 3.01. The first kappa shape index (κ1) is 13.3. The second-order valence-electron chi connectivity index (χ2n) is 3.40. The van der Waals surface area contributed by atoms with Crippen molar-refractivity contribution in [3.63, 3.8) is 0 Å². The predicted molar refractivity (Wildman–Crippen MR) is 74.2 cm³/mol. The zero-order valence-corrected chi connectivity index (χ0v) is 12.1. The van der Waals surface area contributed by atoms with Crippen molar-refractivity contribution in [2.45, 2.75) is 4.90 Å². The molecule has 0 saturated heterocycles. The lowest BCUT2D eigenvalue weighted by atomic mass is 10.3. The molecule has 18 heavy (non-hydrogen) atoms. The fourth-order valence-corrected chi connectivity index (χ4v) is 3.15. The van der Waals surface area contributed by atoms with Crippen molar-refractivity contribution in [1.29, 1.82) is 0 Å². The summed E-state index contributed by atoms with van der Waals surface area (Å²) in [4.78, 5) is 3.81. The highest BCUT2D eigenvalue weighted by Crippen LogP contribution is 2.24. The van der Waals surface area contributed by atoms with Crippen LogP contribution in [-0.2, 0) is 10.0 Å². The molecule has 0 bridgehead atoms. The van der Waals surface area contributed by atoms with E-state index < -0.39 is 10.0 Å². The van der Waals surface area contributed by atoms with E-state index in [9.17, 15) is 8.42 Å². The van der Waals surface area contributed by atoms with Crippen LogP contribution in [0.15, 0.2) is 52.0 Å². The van der Waals surface area contributed by atoms with Crippen molar-refractivity contribution in [1.82, 2.24) is 4.98 Å². The van der Waals surface area contributed by atoms with Gasteiger partial charge in [-0.2, -0.15) is 0 Å². The minimum atomic E-state index is -3.66. The molecule has 0 unspecified atom stereocenters. The topological polar surface area (TPSA) is 59.1 Å². The Bertz CT molecular complexity index is 676. The maximum Gasteiger partial charge on any atom is 0.262 e. The highest BCUT2D eigenvalue weighted by Gasteiger charge is 2.15. The van der Waals surface area contributed by atoms with E-state index in [1.54, 1.807) is 24.3 Å². The van der Waals surface area contributed by atoms with Gasteiger partial charge in [0.1, 0.15) is 5.15 Å². The minimum absolute atomic E-state index is 0.0678. The second-order valence-corrected chi connectivity index (χ2v) is 6.32. The van der Waals surface area contributed by atoms with Crippen LogP contribution in [0.3, 0.4) is 0 Å². The van der Waals surface area contributed by atoms with Crippen LogP contribution >= 0.6 is 27.5 Å². The van der Waals surface area contributed by atoms with Gasteiger partial charge in [0, 0.05) is 10.7 Å². The van der Waals surface area contributed by atoms with Crippen molar-refractivity contribution in [2.24, 2.45) is 0 Å². The van der Waals surface area contributed by atoms with E-state index >= 15 is 0 Å². The van der Waals surface area contributed by atoms with E-state index in [-0.39, 0.29) is 10.0 Å². The summed E-state index contributed by atoms with van der Waals surface area (Å²) in [5, 5.41) is 0.130. The molecule has 1 heterocycles. The SMILES string of the molecule is O=S(=O)(Nc1ccccc1Br)c1ccnc(Cl)c1. The summed E-state index contributed by atoms with van der Waals surface area (Å²) in [7, 11) is -3.66. The molecule has 2 rings (SSSR count). The Morgan fingerprint density at radius 3 is 2.61 bits per heavy atom. The maximum atomic E-state index is 12.1. The molecule has 0 radical (unpaired) electrons. The number of aromatic nitrogens is 1. The van der Waals surface area contributed by atoms with E-state index in [0.29, 0.717) is 10.2 Å². The molecule has 0 amide bonds. The van der Waals surface area contributed by atoms with Crippen molar-refractivity contribution in [3.8, 4) is 0 Å². The van der Waals surface area contributed by atoms with Gasteiger partial charge in [0.2, 0.25) is 0 Å². The zero-order valence-electron chi connectivity index (χ0n) is 8.97. The number of hydrogen-bond donors (Lipinski definition) is 1. The molecule has 0 aliphatic rings. The fraction of sp³-hybridized carbons (Fsp3) is 0. The van der Waals surface area contributed by atoms with Gasteiger partial charge in [-0.15, -0.1) is 0 Å². The van der Waals surface area contributed by atoms with Crippen LogP contribution in [0.2, 0.25) is 5.15 Å². The molecule has 94 valence electrons. The van der Waals surface area contributed by atoms with E-state index in [4.69, 9.17) is 11.6 Å². The van der Waals surface area contributed by atoms with Crippen LogP contribution in [0.5, 0.6) is 0 Å². The summed E-state index contributed by atoms with van der Waals surface area (Å²) in [6, 6.07) is 9.61. The molecule has 7 heteroatoms. The van der Waals surface area contributed by atoms with Gasteiger partial charge in [-0.1, -0.05) is 23.7 Å². The summed E-state index contributed by atoms with van der Waals surface area (Å²) < 4.78 is 27.3. The number of pyridine rings is 1. The first-order valence-corrected chi connectivity index (χ1v) is 7.53. The zero-order chi connectivity index (χ0) is 13.2. The van der Waals surface area contributed by atoms with E-state index in [1.165, 1.54) is 18.3 Å². The largest absolute Gasteiger partial charge is 0.278 e. The van der Waals surface area contributed by atoms with E-state index in [0.717, 1.165) is 0 Å². The van der Waals surface area contributed by atoms with E-state index in [2.05, 4.69) is 25.6 Å². The van der Waals surface area contributed by atoms with Gasteiger partial charge in [0.15, 0.2) is 0 Å². The molecule has 0 aliphatic heterocycles. The molecule has 1 aromatic carbocycles. The first-order chi connectivity index (χ1) is 8.49. The number of halogens is 2. The monoisotopic (exact) mass is 346 g/mol. The molecular weight excluding hydrogens is 340 g/mol. The van der Waals surface area contributed by atoms with Gasteiger partial charge in [0.25, 0.3) is 10.0 Å². The van der Waals surface area contributed by atoms with Crippen molar-refractivity contribution < 1.29 is 8.42 Å². The fourth-order valence-electron chi connectivity index (χ4n) is 1.30. The third-order valence-corrected chi connectivity index (χ3v) is 4.39. The van der Waals surface area contributed by atoms with Crippen LogP contribution in [0.25, 0.3) is 0 Å². The number of benzene rings is 1. The molecule has 2 aromatic rings. The average molecular weight is 348 g/mol. The number of anilines is 1. The lowest BCUT2D eigenvalue weighted by molar-refractivity contribution is 0.601. The Labute approximate surface area is 118 Å². The first-order valence-electron chi connectivity index (χ1n) is 4.88. The van der Waals surface area contributed by atoms with Gasteiger partial charge in [0.05, 0.1) is 10.6 Å². The number of nitrogens with zero attached hydrogens (tertiary/aromatic N) is 1. The molecular formula is C11H8BrClN2O2S. The van der Waals surface area contributed by atoms with Crippen molar-refractivity contribution in [3.05, 3.63) is 52.2 Å². The Hall–Kier alpha value is -1.11. The summed E-state index contributed by atoms with van der Waals surface area (Å²) in [5.74, 6) is 0. The molecule has 4 nitrogen and oxygen atoms in total. The van der Waals surface area contributed by atoms with Gasteiger partial charge >= 0.3 is 0 Å². The number of para-hydroxylation sites is 1. The van der Waals surface area contributed by atoms with Gasteiger partial charge in [-0.3, -0.25) is 4.72 Å². The molecule has 0 atom stereocenters. The van der Waals surface area contributed by atoms with Crippen LogP contribution < -0.4 is 4.72 Å². The molecule has 1 aromatic heterocycles. The summed E-state index contributed by atoms with van der Waals surface area (Å²) in [6.07, 6.45) is 1.34. The molecule has 0 aliphatic carbocycles. The highest BCUT2D eigenvalue weighted by atomic mass is 79.9.